The van der Waals surface area contributed by atoms with E-state index in [1.54, 1.807) is 6.92 Å². The molecule has 2 fully saturated rings. The molecule has 1 saturated carbocycles. The largest absolute Gasteiger partial charge is 0.465 e. The van der Waals surface area contributed by atoms with Gasteiger partial charge in [0.05, 0.1) is 31.6 Å². The zero-order valence-corrected chi connectivity index (χ0v) is 26.9. The van der Waals surface area contributed by atoms with Gasteiger partial charge < -0.3 is 36.6 Å². The van der Waals surface area contributed by atoms with Crippen molar-refractivity contribution in [3.63, 3.8) is 0 Å². The molecule has 2 aliphatic rings. The van der Waals surface area contributed by atoms with E-state index in [4.69, 9.17) is 15.5 Å². The van der Waals surface area contributed by atoms with Crippen LogP contribution in [0.4, 0.5) is 11.8 Å². The predicted molar refractivity (Wildman–Crippen MR) is 173 cm³/mol. The van der Waals surface area contributed by atoms with Gasteiger partial charge in [0.1, 0.15) is 11.5 Å². The molecular weight excluding hydrogens is 574 g/mol. The summed E-state index contributed by atoms with van der Waals surface area (Å²) in [6.45, 7) is 8.33. The Morgan fingerprint density at radius 3 is 2.60 bits per heavy atom. The third-order valence-electron chi connectivity index (χ3n) is 8.45. The number of rotatable bonds is 19. The van der Waals surface area contributed by atoms with Crippen molar-refractivity contribution >= 4 is 23.6 Å². The van der Waals surface area contributed by atoms with Crippen LogP contribution in [0.1, 0.15) is 88.4 Å². The summed E-state index contributed by atoms with van der Waals surface area (Å²) in [5.41, 5.74) is 7.82. The lowest BCUT2D eigenvalue weighted by molar-refractivity contribution is -0.142. The van der Waals surface area contributed by atoms with Gasteiger partial charge in [0.25, 0.3) is 0 Å². The number of hydrogen-bond donors (Lipinski definition) is 5. The van der Waals surface area contributed by atoms with Crippen molar-refractivity contribution in [1.82, 2.24) is 45.8 Å². The number of carbonyl (C=O) groups is 2. The minimum atomic E-state index is -0.308. The second-order valence-electron chi connectivity index (χ2n) is 12.0. The van der Waals surface area contributed by atoms with E-state index in [2.05, 4.69) is 36.6 Å². The molecule has 0 spiro atoms. The minimum Gasteiger partial charge on any atom is -0.465 e. The molecule has 14 nitrogen and oxygen atoms in total. The van der Waals surface area contributed by atoms with Crippen LogP contribution < -0.4 is 27.0 Å². The Kier molecular flexibility index (Phi) is 14.7. The quantitative estimate of drug-likeness (QED) is 0.113. The number of piperidine rings is 1. The van der Waals surface area contributed by atoms with Crippen LogP contribution in [-0.2, 0) is 27.4 Å². The maximum absolute atomic E-state index is 12.6. The van der Waals surface area contributed by atoms with Gasteiger partial charge in [-0.15, -0.1) is 5.10 Å². The molecule has 0 unspecified atom stereocenters. The molecule has 3 heterocycles. The summed E-state index contributed by atoms with van der Waals surface area (Å²) in [5, 5.41) is 22.0. The zero-order chi connectivity index (χ0) is 31.7. The molecule has 4 rings (SSSR count). The van der Waals surface area contributed by atoms with Gasteiger partial charge in [0, 0.05) is 50.6 Å². The molecule has 45 heavy (non-hydrogen) atoms. The van der Waals surface area contributed by atoms with Crippen molar-refractivity contribution in [3.05, 3.63) is 23.7 Å². The Labute approximate surface area is 267 Å². The van der Waals surface area contributed by atoms with Gasteiger partial charge in [0.2, 0.25) is 11.9 Å². The first-order chi connectivity index (χ1) is 22.0. The number of aromatic nitrogens is 5. The van der Waals surface area contributed by atoms with Crippen molar-refractivity contribution in [2.24, 2.45) is 0 Å². The molecule has 0 atom stereocenters. The van der Waals surface area contributed by atoms with Gasteiger partial charge in [-0.05, 0) is 65.1 Å². The Balaban J connectivity index is 1.10. The summed E-state index contributed by atoms with van der Waals surface area (Å²) in [6, 6.07) is 2.56. The summed E-state index contributed by atoms with van der Waals surface area (Å²) in [6.07, 6.45) is 12.9. The van der Waals surface area contributed by atoms with Crippen molar-refractivity contribution < 1.29 is 14.3 Å². The van der Waals surface area contributed by atoms with E-state index >= 15 is 0 Å². The number of carbonyl (C=O) groups excluding carboxylic acids is 2. The molecule has 0 aromatic carbocycles. The van der Waals surface area contributed by atoms with Crippen LogP contribution >= 0.6 is 0 Å². The number of hydrogen-bond acceptors (Lipinski definition) is 12. The highest BCUT2D eigenvalue weighted by Gasteiger charge is 2.25. The van der Waals surface area contributed by atoms with Gasteiger partial charge in [-0.1, -0.05) is 24.5 Å². The van der Waals surface area contributed by atoms with E-state index in [9.17, 15) is 9.59 Å². The van der Waals surface area contributed by atoms with E-state index < -0.39 is 0 Å². The summed E-state index contributed by atoms with van der Waals surface area (Å²) in [5.74, 6) is 0.848. The van der Waals surface area contributed by atoms with E-state index in [0.29, 0.717) is 51.0 Å². The van der Waals surface area contributed by atoms with Crippen LogP contribution in [0.5, 0.6) is 0 Å². The summed E-state index contributed by atoms with van der Waals surface area (Å²) < 4.78 is 6.76. The third-order valence-corrected chi connectivity index (χ3v) is 8.45. The van der Waals surface area contributed by atoms with Gasteiger partial charge in [-0.25, -0.2) is 4.98 Å². The number of amides is 1. The number of ether oxygens (including phenoxy) is 1. The molecule has 250 valence electrons. The number of aryl methyl sites for hydroxylation is 1. The normalized spacial score (nSPS) is 16.2. The summed E-state index contributed by atoms with van der Waals surface area (Å²) >= 11 is 0. The molecule has 0 bridgehead atoms. The van der Waals surface area contributed by atoms with Crippen molar-refractivity contribution in [2.45, 2.75) is 96.2 Å². The number of nitrogen functional groups attached to an aromatic ring is 1. The first-order valence-electron chi connectivity index (χ1n) is 16.9. The van der Waals surface area contributed by atoms with Crippen LogP contribution in [0.3, 0.4) is 0 Å². The monoisotopic (exact) mass is 627 g/mol. The average Bonchev–Trinajstić information content (AvgIpc) is 3.51. The summed E-state index contributed by atoms with van der Waals surface area (Å²) in [7, 11) is 0. The Morgan fingerprint density at radius 2 is 1.80 bits per heavy atom. The first kappa shape index (κ1) is 34.5. The molecule has 6 N–H and O–H groups in total. The van der Waals surface area contributed by atoms with Gasteiger partial charge >= 0.3 is 5.97 Å². The van der Waals surface area contributed by atoms with Crippen LogP contribution in [0.2, 0.25) is 0 Å². The second-order valence-corrected chi connectivity index (χ2v) is 12.0. The standard InChI is InChI=1S/C31H53N11O3/c1-2-45-30(44)22-34-16-10-29(43)41-18-11-24(12-19-41)27-20-28(32)38-31(37-27)36-21-26-23-42(40-39-26)17-7-14-33-13-6-15-35-25-8-4-3-5-9-25/h20,23-25,33-35H,2-19,21-22H2,1H3,(H3,32,36,37,38). The number of esters is 1. The highest BCUT2D eigenvalue weighted by atomic mass is 16.5. The average molecular weight is 628 g/mol. The maximum atomic E-state index is 12.6. The fourth-order valence-electron chi connectivity index (χ4n) is 5.97. The Hall–Kier alpha value is -3.36. The lowest BCUT2D eigenvalue weighted by Crippen LogP contribution is -2.39. The molecule has 2 aromatic rings. The van der Waals surface area contributed by atoms with Gasteiger partial charge in [-0.3, -0.25) is 14.3 Å². The number of anilines is 2. The molecule has 1 aliphatic carbocycles. The van der Waals surface area contributed by atoms with Crippen LogP contribution in [0, 0.1) is 0 Å². The minimum absolute atomic E-state index is 0.0799. The number of nitrogens with two attached hydrogens (primary N) is 1. The molecular formula is C31H53N11O3. The highest BCUT2D eigenvalue weighted by molar-refractivity contribution is 5.76. The smallest absolute Gasteiger partial charge is 0.319 e. The molecule has 1 aliphatic heterocycles. The van der Waals surface area contributed by atoms with Crippen molar-refractivity contribution in [1.29, 1.82) is 0 Å². The van der Waals surface area contributed by atoms with Crippen LogP contribution in [0.15, 0.2) is 12.3 Å². The van der Waals surface area contributed by atoms with Crippen molar-refractivity contribution in [2.75, 3.05) is 63.5 Å². The lowest BCUT2D eigenvalue weighted by Gasteiger charge is -2.32. The third kappa shape index (κ3) is 12.5. The maximum Gasteiger partial charge on any atom is 0.319 e. The van der Waals surface area contributed by atoms with E-state index in [1.807, 2.05) is 21.8 Å². The topological polar surface area (TPSA) is 177 Å². The lowest BCUT2D eigenvalue weighted by atomic mass is 9.93. The SMILES string of the molecule is CCOC(=O)CNCCC(=O)N1CCC(c2cc(N)nc(NCc3cn(CCCNCCCNC4CCCCC4)nn3)n2)CC1. The van der Waals surface area contributed by atoms with Crippen LogP contribution in [0.25, 0.3) is 0 Å². The molecule has 0 radical (unpaired) electrons. The second kappa shape index (κ2) is 19.2. The summed E-state index contributed by atoms with van der Waals surface area (Å²) in [4.78, 5) is 35.0. The van der Waals surface area contributed by atoms with E-state index in [0.717, 1.165) is 69.3 Å². The predicted octanol–water partition coefficient (Wildman–Crippen LogP) is 1.80. The highest BCUT2D eigenvalue weighted by Crippen LogP contribution is 2.28. The number of likely N-dealkylation sites (tertiary alicyclic amines) is 1. The van der Waals surface area contributed by atoms with E-state index in [-0.39, 0.29) is 24.3 Å². The van der Waals surface area contributed by atoms with E-state index in [1.165, 1.54) is 32.1 Å². The fourth-order valence-corrected chi connectivity index (χ4v) is 5.97. The van der Waals surface area contributed by atoms with Crippen LogP contribution in [-0.4, -0.2) is 100 Å². The van der Waals surface area contributed by atoms with Crippen molar-refractivity contribution in [3.8, 4) is 0 Å². The number of nitrogens with one attached hydrogen (secondary N) is 4. The molecule has 14 heteroatoms. The molecule has 1 amide bonds. The Bertz CT molecular complexity index is 1160. The number of nitrogens with zero attached hydrogens (tertiary/aromatic N) is 6. The zero-order valence-electron chi connectivity index (χ0n) is 26.9. The fraction of sp³-hybridized carbons (Fsp3) is 0.742. The van der Waals surface area contributed by atoms with Gasteiger partial charge in [0.15, 0.2) is 0 Å². The molecule has 2 aromatic heterocycles. The molecule has 1 saturated heterocycles. The Morgan fingerprint density at radius 1 is 1.00 bits per heavy atom. The first-order valence-corrected chi connectivity index (χ1v) is 16.9. The van der Waals surface area contributed by atoms with Gasteiger partial charge in [-0.2, -0.15) is 4.98 Å².